The lowest BCUT2D eigenvalue weighted by molar-refractivity contribution is 0.663. The Morgan fingerprint density at radius 3 is 2.30 bits per heavy atom. The molecule has 56 valence electrons. The van der Waals surface area contributed by atoms with Crippen LogP contribution in [0, 0.1) is 0 Å². The Morgan fingerprint density at radius 2 is 2.00 bits per heavy atom. The van der Waals surface area contributed by atoms with Crippen molar-refractivity contribution in [3.05, 3.63) is 24.3 Å². The third-order valence-electron chi connectivity index (χ3n) is 1.18. The van der Waals surface area contributed by atoms with Crippen LogP contribution >= 0.6 is 0 Å². The van der Waals surface area contributed by atoms with Gasteiger partial charge in [0.1, 0.15) is 0 Å². The SMILES string of the molecule is C=NC(C)(C)/C=C\C(=C)C. The maximum atomic E-state index is 3.91. The highest BCUT2D eigenvalue weighted by atomic mass is 14.8. The zero-order chi connectivity index (χ0) is 8.20. The van der Waals surface area contributed by atoms with Gasteiger partial charge in [-0.05, 0) is 27.5 Å². The van der Waals surface area contributed by atoms with Crippen molar-refractivity contribution in [2.24, 2.45) is 4.99 Å². The summed E-state index contributed by atoms with van der Waals surface area (Å²) in [5, 5.41) is 0. The van der Waals surface area contributed by atoms with Crippen molar-refractivity contribution in [2.45, 2.75) is 26.3 Å². The van der Waals surface area contributed by atoms with Crippen molar-refractivity contribution in [1.29, 1.82) is 0 Å². The Hall–Kier alpha value is -0.850. The lowest BCUT2D eigenvalue weighted by atomic mass is 10.1. The first-order valence-corrected chi connectivity index (χ1v) is 3.30. The van der Waals surface area contributed by atoms with Gasteiger partial charge in [0.15, 0.2) is 0 Å². The molecular formula is C9H15N. The van der Waals surface area contributed by atoms with Gasteiger partial charge in [0.05, 0.1) is 5.54 Å². The first-order valence-electron chi connectivity index (χ1n) is 3.30. The summed E-state index contributed by atoms with van der Waals surface area (Å²) in [5.41, 5.74) is 0.885. The maximum Gasteiger partial charge on any atom is 0.0727 e. The van der Waals surface area contributed by atoms with E-state index in [4.69, 9.17) is 0 Å². The van der Waals surface area contributed by atoms with Crippen LogP contribution in [0.1, 0.15) is 20.8 Å². The number of rotatable bonds is 3. The van der Waals surface area contributed by atoms with E-state index in [1.165, 1.54) is 0 Å². The molecule has 0 aromatic carbocycles. The molecule has 1 nitrogen and oxygen atoms in total. The molecule has 0 unspecified atom stereocenters. The van der Waals surface area contributed by atoms with Crippen molar-refractivity contribution >= 4 is 6.72 Å². The maximum absolute atomic E-state index is 3.91. The van der Waals surface area contributed by atoms with Gasteiger partial charge in [0, 0.05) is 0 Å². The quantitative estimate of drug-likeness (QED) is 0.419. The molecule has 1 heteroatoms. The van der Waals surface area contributed by atoms with Gasteiger partial charge in [0.25, 0.3) is 0 Å². The molecule has 0 N–H and O–H groups in total. The molecular weight excluding hydrogens is 122 g/mol. The van der Waals surface area contributed by atoms with Crippen LogP contribution in [0.3, 0.4) is 0 Å². The summed E-state index contributed by atoms with van der Waals surface area (Å²) in [7, 11) is 0. The number of aliphatic imine (C=N–C) groups is 1. The summed E-state index contributed by atoms with van der Waals surface area (Å²) in [6.45, 7) is 13.2. The molecule has 0 saturated carbocycles. The van der Waals surface area contributed by atoms with Crippen molar-refractivity contribution < 1.29 is 0 Å². The van der Waals surface area contributed by atoms with Crippen LogP contribution in [0.15, 0.2) is 29.3 Å². The van der Waals surface area contributed by atoms with Crippen LogP contribution in [0.25, 0.3) is 0 Å². The highest BCUT2D eigenvalue weighted by Gasteiger charge is 2.07. The highest BCUT2D eigenvalue weighted by Crippen LogP contribution is 2.10. The standard InChI is InChI=1S/C9H15N/c1-8(2)6-7-9(3,4)10-5/h6-7H,1,5H2,2-4H3/b7-6-. The minimum absolute atomic E-state index is 0.154. The van der Waals surface area contributed by atoms with Crippen LogP contribution in [-0.2, 0) is 0 Å². The fraction of sp³-hybridized carbons (Fsp3) is 0.444. The van der Waals surface area contributed by atoms with E-state index in [0.717, 1.165) is 5.57 Å². The van der Waals surface area contributed by atoms with Gasteiger partial charge < -0.3 is 0 Å². The molecule has 0 rings (SSSR count). The molecule has 0 atom stereocenters. The van der Waals surface area contributed by atoms with Crippen molar-refractivity contribution in [3.63, 3.8) is 0 Å². The van der Waals surface area contributed by atoms with E-state index in [1.54, 1.807) is 0 Å². The number of hydrogen-bond donors (Lipinski definition) is 0. The second kappa shape index (κ2) is 3.35. The first-order chi connectivity index (χ1) is 4.48. The van der Waals surface area contributed by atoms with Gasteiger partial charge in [-0.2, -0.15) is 0 Å². The number of nitrogens with zero attached hydrogens (tertiary/aromatic N) is 1. The van der Waals surface area contributed by atoms with Crippen molar-refractivity contribution in [1.82, 2.24) is 0 Å². The molecule has 10 heavy (non-hydrogen) atoms. The van der Waals surface area contributed by atoms with Gasteiger partial charge in [-0.25, -0.2) is 0 Å². The summed E-state index contributed by atoms with van der Waals surface area (Å²) < 4.78 is 0. The normalized spacial score (nSPS) is 11.9. The Balaban J connectivity index is 4.12. The monoisotopic (exact) mass is 137 g/mol. The first kappa shape index (κ1) is 9.15. The zero-order valence-corrected chi connectivity index (χ0v) is 7.02. The van der Waals surface area contributed by atoms with Gasteiger partial charge >= 0.3 is 0 Å². The average Bonchev–Trinajstić information content (AvgIpc) is 1.85. The van der Waals surface area contributed by atoms with E-state index >= 15 is 0 Å². The van der Waals surface area contributed by atoms with E-state index in [9.17, 15) is 0 Å². The van der Waals surface area contributed by atoms with Crippen LogP contribution < -0.4 is 0 Å². The Morgan fingerprint density at radius 1 is 1.50 bits per heavy atom. The largest absolute Gasteiger partial charge is 0.291 e. The lowest BCUT2D eigenvalue weighted by Gasteiger charge is -2.11. The molecule has 0 aromatic heterocycles. The van der Waals surface area contributed by atoms with Crippen molar-refractivity contribution in [2.75, 3.05) is 0 Å². The molecule has 0 aromatic rings. The third-order valence-corrected chi connectivity index (χ3v) is 1.18. The van der Waals surface area contributed by atoms with E-state index in [2.05, 4.69) is 18.3 Å². The molecule has 0 saturated heterocycles. The smallest absolute Gasteiger partial charge is 0.0727 e. The van der Waals surface area contributed by atoms with Crippen molar-refractivity contribution in [3.8, 4) is 0 Å². The van der Waals surface area contributed by atoms with E-state index in [-0.39, 0.29) is 5.54 Å². The predicted molar refractivity (Wildman–Crippen MR) is 47.6 cm³/mol. The summed E-state index contributed by atoms with van der Waals surface area (Å²) in [6.07, 6.45) is 3.94. The average molecular weight is 137 g/mol. The van der Waals surface area contributed by atoms with Gasteiger partial charge in [0.2, 0.25) is 0 Å². The topological polar surface area (TPSA) is 12.4 Å². The number of allylic oxidation sites excluding steroid dienone is 2. The minimum Gasteiger partial charge on any atom is -0.291 e. The summed E-state index contributed by atoms with van der Waals surface area (Å²) in [5.74, 6) is 0. The summed E-state index contributed by atoms with van der Waals surface area (Å²) in [4.78, 5) is 3.91. The highest BCUT2D eigenvalue weighted by molar-refractivity contribution is 5.28. The molecule has 0 bridgehead atoms. The molecule has 0 amide bonds. The fourth-order valence-electron chi connectivity index (χ4n) is 0.399. The van der Waals surface area contributed by atoms with Crippen LogP contribution in [0.2, 0.25) is 0 Å². The van der Waals surface area contributed by atoms with Crippen LogP contribution in [-0.4, -0.2) is 12.3 Å². The molecule has 0 heterocycles. The third kappa shape index (κ3) is 4.07. The molecule has 0 aliphatic rings. The molecule has 0 radical (unpaired) electrons. The fourth-order valence-corrected chi connectivity index (χ4v) is 0.399. The van der Waals surface area contributed by atoms with Crippen LogP contribution in [0.5, 0.6) is 0 Å². The van der Waals surface area contributed by atoms with Gasteiger partial charge in [-0.1, -0.05) is 24.3 Å². The molecule has 0 spiro atoms. The van der Waals surface area contributed by atoms with Crippen LogP contribution in [0.4, 0.5) is 0 Å². The van der Waals surface area contributed by atoms with E-state index in [0.29, 0.717) is 0 Å². The van der Waals surface area contributed by atoms with Gasteiger partial charge in [-0.15, -0.1) is 0 Å². The summed E-state index contributed by atoms with van der Waals surface area (Å²) >= 11 is 0. The second-order valence-corrected chi connectivity index (χ2v) is 2.99. The van der Waals surface area contributed by atoms with E-state index in [1.807, 2.05) is 32.9 Å². The Labute approximate surface area is 63.2 Å². The zero-order valence-electron chi connectivity index (χ0n) is 7.02. The molecule has 0 aliphatic carbocycles. The predicted octanol–water partition coefficient (Wildman–Crippen LogP) is 2.60. The minimum atomic E-state index is -0.154. The van der Waals surface area contributed by atoms with Gasteiger partial charge in [-0.3, -0.25) is 4.99 Å². The van der Waals surface area contributed by atoms with E-state index < -0.39 is 0 Å². The lowest BCUT2D eigenvalue weighted by Crippen LogP contribution is -2.10. The Bertz CT molecular complexity index is 164. The molecule has 0 aliphatic heterocycles. The molecule has 0 fully saturated rings. The Kier molecular flexibility index (Phi) is 3.07. The second-order valence-electron chi connectivity index (χ2n) is 2.99. The number of hydrogen-bond acceptors (Lipinski definition) is 1. The summed E-state index contributed by atoms with van der Waals surface area (Å²) in [6, 6.07) is 0.